The van der Waals surface area contributed by atoms with Gasteiger partial charge in [-0.05, 0) is 49.2 Å². The highest BCUT2D eigenvalue weighted by atomic mass is 35.5. The van der Waals surface area contributed by atoms with E-state index in [4.69, 9.17) is 17.3 Å². The minimum Gasteiger partial charge on any atom is -0.382 e. The third-order valence-electron chi connectivity index (χ3n) is 4.88. The SMILES string of the molecule is N#Cc1c(CCCNC(=O)c2cn(-c3ccccc3Cl)nn2)nn(-c2ccc(F)cc2)c1N. The number of nitrogens with zero attached hydrogens (tertiary/aromatic N) is 6. The number of hydrogen-bond acceptors (Lipinski definition) is 6. The number of halogens is 2. The predicted octanol–water partition coefficient (Wildman–Crippen LogP) is 3.06. The Balaban J connectivity index is 1.37. The molecule has 0 unspecified atom stereocenters. The quantitative estimate of drug-likeness (QED) is 0.404. The van der Waals surface area contributed by atoms with Crippen molar-refractivity contribution in [2.75, 3.05) is 12.3 Å². The van der Waals surface area contributed by atoms with Gasteiger partial charge in [0.15, 0.2) is 5.69 Å². The smallest absolute Gasteiger partial charge is 0.273 e. The molecule has 2 aromatic heterocycles. The summed E-state index contributed by atoms with van der Waals surface area (Å²) < 4.78 is 16.0. The van der Waals surface area contributed by atoms with Gasteiger partial charge in [0.05, 0.1) is 28.3 Å². The molecule has 4 aromatic rings. The Bertz CT molecular complexity index is 1340. The molecule has 2 aromatic carbocycles. The van der Waals surface area contributed by atoms with Crippen LogP contribution < -0.4 is 11.1 Å². The number of amides is 1. The summed E-state index contributed by atoms with van der Waals surface area (Å²) in [7, 11) is 0. The van der Waals surface area contributed by atoms with Crippen LogP contribution in [-0.2, 0) is 6.42 Å². The fraction of sp³-hybridized carbons (Fsp3) is 0.136. The van der Waals surface area contributed by atoms with E-state index in [1.807, 2.05) is 6.07 Å². The largest absolute Gasteiger partial charge is 0.382 e. The first-order chi connectivity index (χ1) is 16.0. The molecular formula is C22H18ClFN8O. The Labute approximate surface area is 193 Å². The van der Waals surface area contributed by atoms with E-state index in [-0.39, 0.29) is 28.8 Å². The van der Waals surface area contributed by atoms with Crippen molar-refractivity contribution >= 4 is 23.3 Å². The van der Waals surface area contributed by atoms with Crippen molar-refractivity contribution < 1.29 is 9.18 Å². The summed E-state index contributed by atoms with van der Waals surface area (Å²) in [5.74, 6) is -0.586. The number of anilines is 1. The van der Waals surface area contributed by atoms with Crippen molar-refractivity contribution in [3.05, 3.63) is 82.5 Å². The number of nitrogen functional groups attached to an aromatic ring is 1. The lowest BCUT2D eigenvalue weighted by Crippen LogP contribution is -2.25. The molecule has 0 saturated heterocycles. The molecule has 0 saturated carbocycles. The van der Waals surface area contributed by atoms with Crippen molar-refractivity contribution in [2.24, 2.45) is 0 Å². The summed E-state index contributed by atoms with van der Waals surface area (Å²) in [5.41, 5.74) is 8.13. The van der Waals surface area contributed by atoms with Crippen molar-refractivity contribution in [3.63, 3.8) is 0 Å². The maximum atomic E-state index is 13.2. The number of carbonyl (C=O) groups is 1. The van der Waals surface area contributed by atoms with Crippen LogP contribution in [0.4, 0.5) is 10.2 Å². The van der Waals surface area contributed by atoms with E-state index < -0.39 is 0 Å². The molecule has 2 heterocycles. The van der Waals surface area contributed by atoms with Gasteiger partial charge in [-0.2, -0.15) is 10.4 Å². The average molecular weight is 465 g/mol. The molecule has 33 heavy (non-hydrogen) atoms. The molecule has 1 amide bonds. The molecule has 3 N–H and O–H groups in total. The standard InChI is InChI=1S/C22H18ClFN8O/c23-17-4-1-2-6-20(17)31-13-19(28-30-31)22(33)27-11-3-5-18-16(12-25)21(26)32(29-18)15-9-7-14(24)8-10-15/h1-2,4,6-10,13H,3,5,11,26H2,(H,27,33). The zero-order valence-corrected chi connectivity index (χ0v) is 18.0. The topological polar surface area (TPSA) is 127 Å². The molecule has 11 heteroatoms. The first-order valence-corrected chi connectivity index (χ1v) is 10.3. The van der Waals surface area contributed by atoms with Crippen LogP contribution in [0.25, 0.3) is 11.4 Å². The first kappa shape index (κ1) is 22.0. The summed E-state index contributed by atoms with van der Waals surface area (Å²) in [6.45, 7) is 0.325. The zero-order chi connectivity index (χ0) is 23.4. The first-order valence-electron chi connectivity index (χ1n) is 9.97. The number of benzene rings is 2. The Morgan fingerprint density at radius 1 is 1.21 bits per heavy atom. The molecule has 0 fully saturated rings. The number of para-hydroxylation sites is 1. The maximum absolute atomic E-state index is 13.2. The van der Waals surface area contributed by atoms with E-state index in [1.165, 1.54) is 39.8 Å². The Kier molecular flexibility index (Phi) is 6.33. The molecule has 4 rings (SSSR count). The molecule has 0 bridgehead atoms. The van der Waals surface area contributed by atoms with Crippen molar-refractivity contribution in [1.29, 1.82) is 5.26 Å². The normalized spacial score (nSPS) is 10.7. The lowest BCUT2D eigenvalue weighted by molar-refractivity contribution is 0.0948. The summed E-state index contributed by atoms with van der Waals surface area (Å²) in [4.78, 5) is 12.4. The van der Waals surface area contributed by atoms with Gasteiger partial charge in [0.25, 0.3) is 5.91 Å². The van der Waals surface area contributed by atoms with Gasteiger partial charge in [0.1, 0.15) is 23.3 Å². The van der Waals surface area contributed by atoms with Gasteiger partial charge in [0.2, 0.25) is 0 Å². The summed E-state index contributed by atoms with van der Waals surface area (Å²) >= 11 is 6.15. The average Bonchev–Trinajstić information content (AvgIpc) is 3.42. The van der Waals surface area contributed by atoms with Crippen LogP contribution in [-0.4, -0.2) is 37.2 Å². The molecule has 0 aliphatic carbocycles. The van der Waals surface area contributed by atoms with Crippen LogP contribution in [0.1, 0.15) is 28.2 Å². The van der Waals surface area contributed by atoms with Gasteiger partial charge >= 0.3 is 0 Å². The Morgan fingerprint density at radius 2 is 1.97 bits per heavy atom. The molecule has 166 valence electrons. The highest BCUT2D eigenvalue weighted by molar-refractivity contribution is 6.32. The van der Waals surface area contributed by atoms with Gasteiger partial charge in [-0.3, -0.25) is 4.79 Å². The maximum Gasteiger partial charge on any atom is 0.273 e. The van der Waals surface area contributed by atoms with E-state index in [2.05, 4.69) is 26.8 Å². The number of aryl methyl sites for hydroxylation is 1. The van der Waals surface area contributed by atoms with E-state index in [1.54, 1.807) is 18.2 Å². The van der Waals surface area contributed by atoms with Gasteiger partial charge in [0, 0.05) is 6.54 Å². The molecule has 0 radical (unpaired) electrons. The lowest BCUT2D eigenvalue weighted by atomic mass is 10.1. The van der Waals surface area contributed by atoms with E-state index in [0.29, 0.717) is 41.5 Å². The van der Waals surface area contributed by atoms with E-state index in [9.17, 15) is 14.4 Å². The van der Waals surface area contributed by atoms with Crippen LogP contribution in [0.3, 0.4) is 0 Å². The molecule has 9 nitrogen and oxygen atoms in total. The number of aromatic nitrogens is 5. The number of nitriles is 1. The molecular weight excluding hydrogens is 447 g/mol. The van der Waals surface area contributed by atoms with Gasteiger partial charge in [-0.15, -0.1) is 5.10 Å². The Hall–Kier alpha value is -4.23. The summed E-state index contributed by atoms with van der Waals surface area (Å²) in [6, 6.07) is 14.8. The number of nitrogens with two attached hydrogens (primary N) is 1. The van der Waals surface area contributed by atoms with Gasteiger partial charge in [-0.1, -0.05) is 28.9 Å². The van der Waals surface area contributed by atoms with Crippen molar-refractivity contribution in [3.8, 4) is 17.4 Å². The fourth-order valence-corrected chi connectivity index (χ4v) is 3.45. The lowest BCUT2D eigenvalue weighted by Gasteiger charge is -2.03. The van der Waals surface area contributed by atoms with Crippen LogP contribution >= 0.6 is 11.6 Å². The number of rotatable bonds is 7. The van der Waals surface area contributed by atoms with Gasteiger partial charge in [-0.25, -0.2) is 13.8 Å². The summed E-state index contributed by atoms with van der Waals surface area (Å²) in [6.07, 6.45) is 2.42. The Morgan fingerprint density at radius 3 is 2.70 bits per heavy atom. The second-order valence-corrected chi connectivity index (χ2v) is 7.47. The minimum absolute atomic E-state index is 0.150. The predicted molar refractivity (Wildman–Crippen MR) is 120 cm³/mol. The van der Waals surface area contributed by atoms with E-state index >= 15 is 0 Å². The van der Waals surface area contributed by atoms with Crippen molar-refractivity contribution in [1.82, 2.24) is 30.1 Å². The van der Waals surface area contributed by atoms with Crippen LogP contribution in [0.2, 0.25) is 5.02 Å². The fourth-order valence-electron chi connectivity index (χ4n) is 3.23. The zero-order valence-electron chi connectivity index (χ0n) is 17.2. The third-order valence-corrected chi connectivity index (χ3v) is 5.20. The summed E-state index contributed by atoms with van der Waals surface area (Å²) in [5, 5.41) is 25.0. The van der Waals surface area contributed by atoms with Crippen molar-refractivity contribution in [2.45, 2.75) is 12.8 Å². The molecule has 0 spiro atoms. The third kappa shape index (κ3) is 4.68. The second-order valence-electron chi connectivity index (χ2n) is 7.07. The number of hydrogen-bond donors (Lipinski definition) is 2. The van der Waals surface area contributed by atoms with Crippen LogP contribution in [0.15, 0.2) is 54.7 Å². The van der Waals surface area contributed by atoms with Crippen LogP contribution in [0, 0.1) is 17.1 Å². The molecule has 0 atom stereocenters. The highest BCUT2D eigenvalue weighted by Gasteiger charge is 2.17. The second kappa shape index (κ2) is 9.50. The highest BCUT2D eigenvalue weighted by Crippen LogP contribution is 2.22. The van der Waals surface area contributed by atoms with E-state index in [0.717, 1.165) is 0 Å². The monoisotopic (exact) mass is 464 g/mol. The van der Waals surface area contributed by atoms with Gasteiger partial charge < -0.3 is 11.1 Å². The number of carbonyl (C=O) groups excluding carboxylic acids is 1. The molecule has 0 aliphatic heterocycles. The number of nitrogens with one attached hydrogen (secondary N) is 1. The minimum atomic E-state index is -0.384. The van der Waals surface area contributed by atoms with Crippen LogP contribution in [0.5, 0.6) is 0 Å². The molecule has 0 aliphatic rings.